The molecule has 1 N–H and O–H groups in total. The number of carboxylic acid groups (broad SMARTS) is 1. The van der Waals surface area contributed by atoms with Crippen LogP contribution in [0.4, 0.5) is 0 Å². The summed E-state index contributed by atoms with van der Waals surface area (Å²) in [5, 5.41) is 8.82. The summed E-state index contributed by atoms with van der Waals surface area (Å²) in [6, 6.07) is 2.01. The van der Waals surface area contributed by atoms with Crippen molar-refractivity contribution >= 4 is 11.6 Å². The minimum atomic E-state index is -0.856. The maximum Gasteiger partial charge on any atom is 0.309 e. The van der Waals surface area contributed by atoms with Gasteiger partial charge >= 0.3 is 5.97 Å². The van der Waals surface area contributed by atoms with E-state index in [9.17, 15) is 4.79 Å². The van der Waals surface area contributed by atoms with Crippen molar-refractivity contribution in [3.05, 3.63) is 29.5 Å². The minimum Gasteiger partial charge on any atom is -0.481 e. The van der Waals surface area contributed by atoms with Crippen LogP contribution in [-0.4, -0.2) is 25.4 Å². The lowest BCUT2D eigenvalue weighted by Gasteiger charge is -2.10. The van der Waals surface area contributed by atoms with Crippen LogP contribution in [0.1, 0.15) is 48.8 Å². The highest BCUT2D eigenvalue weighted by atomic mass is 16.4. The van der Waals surface area contributed by atoms with Crippen LogP contribution >= 0.6 is 0 Å². The van der Waals surface area contributed by atoms with E-state index < -0.39 is 5.97 Å². The first-order valence-corrected chi connectivity index (χ1v) is 6.71. The topological polar surface area (TPSA) is 67.5 Å². The van der Waals surface area contributed by atoms with Crippen molar-refractivity contribution < 1.29 is 9.90 Å². The van der Waals surface area contributed by atoms with E-state index in [1.165, 1.54) is 25.7 Å². The van der Waals surface area contributed by atoms with Gasteiger partial charge in [-0.15, -0.1) is 0 Å². The average Bonchev–Trinajstić information content (AvgIpc) is 2.95. The first-order valence-electron chi connectivity index (χ1n) is 6.71. The average molecular weight is 259 g/mol. The van der Waals surface area contributed by atoms with Crippen LogP contribution < -0.4 is 0 Å². The number of rotatable bonds is 3. The zero-order valence-corrected chi connectivity index (χ0v) is 11.0. The van der Waals surface area contributed by atoms with Gasteiger partial charge in [0.1, 0.15) is 11.5 Å². The standard InChI is InChI=1S/C14H17N3O2/c1-9-15-12(10-4-2-3-5-10)7-13-16-11(6-14(18)19)8-17(9)13/h7-8,10H,2-6H2,1H3,(H,18,19). The Labute approximate surface area is 111 Å². The Morgan fingerprint density at radius 3 is 2.84 bits per heavy atom. The molecular weight excluding hydrogens is 242 g/mol. The molecular formula is C14H17N3O2. The second-order valence-electron chi connectivity index (χ2n) is 5.24. The fraction of sp³-hybridized carbons (Fsp3) is 0.500. The normalized spacial score (nSPS) is 16.3. The summed E-state index contributed by atoms with van der Waals surface area (Å²) < 4.78 is 1.87. The molecule has 0 aromatic carbocycles. The molecule has 3 rings (SSSR count). The molecule has 2 heterocycles. The second kappa shape index (κ2) is 4.64. The van der Waals surface area contributed by atoms with E-state index in [2.05, 4.69) is 9.97 Å². The second-order valence-corrected chi connectivity index (χ2v) is 5.24. The molecule has 0 aliphatic heterocycles. The number of aryl methyl sites for hydroxylation is 1. The van der Waals surface area contributed by atoms with Gasteiger partial charge in [0.25, 0.3) is 0 Å². The lowest BCUT2D eigenvalue weighted by molar-refractivity contribution is -0.136. The van der Waals surface area contributed by atoms with Crippen LogP contribution in [0.5, 0.6) is 0 Å². The monoisotopic (exact) mass is 259 g/mol. The largest absolute Gasteiger partial charge is 0.481 e. The zero-order valence-electron chi connectivity index (χ0n) is 11.0. The molecule has 0 atom stereocenters. The van der Waals surface area contributed by atoms with Gasteiger partial charge in [-0.05, 0) is 19.8 Å². The van der Waals surface area contributed by atoms with E-state index in [0.29, 0.717) is 11.6 Å². The van der Waals surface area contributed by atoms with Gasteiger partial charge in [-0.1, -0.05) is 12.8 Å². The summed E-state index contributed by atoms with van der Waals surface area (Å²) in [6.07, 6.45) is 6.67. The van der Waals surface area contributed by atoms with E-state index in [1.807, 2.05) is 17.4 Å². The van der Waals surface area contributed by atoms with Gasteiger partial charge in [0.15, 0.2) is 0 Å². The smallest absolute Gasteiger partial charge is 0.309 e. The lowest BCUT2D eigenvalue weighted by Crippen LogP contribution is -2.02. The molecule has 100 valence electrons. The number of aliphatic carboxylic acids is 1. The number of nitrogens with zero attached hydrogens (tertiary/aromatic N) is 3. The Morgan fingerprint density at radius 1 is 1.42 bits per heavy atom. The van der Waals surface area contributed by atoms with E-state index in [-0.39, 0.29) is 6.42 Å². The lowest BCUT2D eigenvalue weighted by atomic mass is 10.0. The number of imidazole rings is 1. The Kier molecular flexibility index (Phi) is 2.97. The fourth-order valence-electron chi connectivity index (χ4n) is 2.88. The third-order valence-electron chi connectivity index (χ3n) is 3.81. The predicted octanol–water partition coefficient (Wildman–Crippen LogP) is 2.32. The molecule has 2 aromatic heterocycles. The Balaban J connectivity index is 2.01. The van der Waals surface area contributed by atoms with Gasteiger partial charge in [0.2, 0.25) is 0 Å². The van der Waals surface area contributed by atoms with Crippen molar-refractivity contribution in [1.82, 2.24) is 14.4 Å². The predicted molar refractivity (Wildman–Crippen MR) is 70.3 cm³/mol. The number of hydrogen-bond donors (Lipinski definition) is 1. The molecule has 1 fully saturated rings. The maximum atomic E-state index is 10.7. The molecule has 19 heavy (non-hydrogen) atoms. The van der Waals surface area contributed by atoms with Gasteiger partial charge in [-0.2, -0.15) is 0 Å². The van der Waals surface area contributed by atoms with E-state index in [1.54, 1.807) is 6.20 Å². The molecule has 0 radical (unpaired) electrons. The summed E-state index contributed by atoms with van der Waals surface area (Å²) in [5.41, 5.74) is 2.50. The third kappa shape index (κ3) is 2.32. The molecule has 0 bridgehead atoms. The van der Waals surface area contributed by atoms with Gasteiger partial charge in [0, 0.05) is 23.9 Å². The van der Waals surface area contributed by atoms with Crippen LogP contribution in [0.2, 0.25) is 0 Å². The van der Waals surface area contributed by atoms with Crippen LogP contribution in [0.3, 0.4) is 0 Å². The van der Waals surface area contributed by atoms with Crippen molar-refractivity contribution in [2.45, 2.75) is 44.9 Å². The van der Waals surface area contributed by atoms with Crippen LogP contribution in [0.25, 0.3) is 5.65 Å². The summed E-state index contributed by atoms with van der Waals surface area (Å²) in [5.74, 6) is 0.567. The molecule has 1 saturated carbocycles. The summed E-state index contributed by atoms with van der Waals surface area (Å²) in [4.78, 5) is 19.8. The SMILES string of the molecule is Cc1nc(C2CCCC2)cc2nc(CC(=O)O)cn12. The quantitative estimate of drug-likeness (QED) is 0.918. The van der Waals surface area contributed by atoms with Crippen molar-refractivity contribution in [2.75, 3.05) is 0 Å². The highest BCUT2D eigenvalue weighted by Gasteiger charge is 2.20. The van der Waals surface area contributed by atoms with Crippen LogP contribution in [-0.2, 0) is 11.2 Å². The molecule has 1 aliphatic rings. The highest BCUT2D eigenvalue weighted by Crippen LogP contribution is 2.33. The summed E-state index contributed by atoms with van der Waals surface area (Å²) >= 11 is 0. The first-order chi connectivity index (χ1) is 9.13. The van der Waals surface area contributed by atoms with Crippen molar-refractivity contribution in [3.63, 3.8) is 0 Å². The molecule has 0 spiro atoms. The highest BCUT2D eigenvalue weighted by molar-refractivity contribution is 5.69. The number of carboxylic acids is 1. The zero-order chi connectivity index (χ0) is 13.4. The van der Waals surface area contributed by atoms with Crippen molar-refractivity contribution in [2.24, 2.45) is 0 Å². The first kappa shape index (κ1) is 12.1. The van der Waals surface area contributed by atoms with Crippen LogP contribution in [0, 0.1) is 6.92 Å². The summed E-state index contributed by atoms with van der Waals surface area (Å²) in [7, 11) is 0. The number of carbonyl (C=O) groups is 1. The Hall–Kier alpha value is -1.91. The molecule has 1 aliphatic carbocycles. The fourth-order valence-corrected chi connectivity index (χ4v) is 2.88. The Morgan fingerprint density at radius 2 is 2.16 bits per heavy atom. The van der Waals surface area contributed by atoms with Crippen molar-refractivity contribution in [3.8, 4) is 0 Å². The van der Waals surface area contributed by atoms with Crippen LogP contribution in [0.15, 0.2) is 12.3 Å². The van der Waals surface area contributed by atoms with Gasteiger partial charge in [0.05, 0.1) is 12.1 Å². The van der Waals surface area contributed by atoms with E-state index in [4.69, 9.17) is 5.11 Å². The van der Waals surface area contributed by atoms with Gasteiger partial charge in [-0.3, -0.25) is 9.20 Å². The summed E-state index contributed by atoms with van der Waals surface area (Å²) in [6.45, 7) is 1.94. The van der Waals surface area contributed by atoms with E-state index in [0.717, 1.165) is 17.2 Å². The van der Waals surface area contributed by atoms with Crippen molar-refractivity contribution in [1.29, 1.82) is 0 Å². The molecule has 5 heteroatoms. The number of hydrogen-bond acceptors (Lipinski definition) is 3. The van der Waals surface area contributed by atoms with E-state index >= 15 is 0 Å². The Bertz CT molecular complexity index is 627. The molecule has 5 nitrogen and oxygen atoms in total. The molecule has 0 saturated heterocycles. The number of fused-ring (bicyclic) bond motifs is 1. The van der Waals surface area contributed by atoms with Gasteiger partial charge < -0.3 is 5.11 Å². The molecule has 2 aromatic rings. The molecule has 0 unspecified atom stereocenters. The minimum absolute atomic E-state index is 0.0418. The third-order valence-corrected chi connectivity index (χ3v) is 3.81. The van der Waals surface area contributed by atoms with Gasteiger partial charge in [-0.25, -0.2) is 9.97 Å². The molecule has 0 amide bonds. The number of aromatic nitrogens is 3. The maximum absolute atomic E-state index is 10.7.